The van der Waals surface area contributed by atoms with Crippen LogP contribution >= 0.6 is 23.4 Å². The molecule has 0 bridgehead atoms. The third-order valence-electron chi connectivity index (χ3n) is 3.68. The van der Waals surface area contributed by atoms with Crippen molar-refractivity contribution in [1.82, 2.24) is 0 Å². The van der Waals surface area contributed by atoms with Gasteiger partial charge in [0, 0.05) is 16.3 Å². The molecule has 0 aromatic heterocycles. The Morgan fingerprint density at radius 3 is 2.50 bits per heavy atom. The Kier molecular flexibility index (Phi) is 5.34. The normalized spacial score (nSPS) is 10.6. The first-order valence-corrected chi connectivity index (χ1v) is 8.87. The van der Waals surface area contributed by atoms with Crippen molar-refractivity contribution >= 4 is 29.1 Å². The van der Waals surface area contributed by atoms with Crippen LogP contribution in [0.15, 0.2) is 76.5 Å². The van der Waals surface area contributed by atoms with Gasteiger partial charge in [0.1, 0.15) is 0 Å². The molecule has 0 saturated carbocycles. The molecule has 0 spiro atoms. The predicted octanol–water partition coefficient (Wildman–Crippen LogP) is 6.12. The molecule has 0 radical (unpaired) electrons. The highest BCUT2D eigenvalue weighted by atomic mass is 35.5. The number of benzene rings is 3. The fourth-order valence-corrected chi connectivity index (χ4v) is 3.45. The second-order valence-corrected chi connectivity index (χ2v) is 7.03. The van der Waals surface area contributed by atoms with Gasteiger partial charge in [0.05, 0.1) is 10.7 Å². The second-order valence-electron chi connectivity index (χ2n) is 5.51. The average Bonchev–Trinajstić information content (AvgIpc) is 2.59. The first kappa shape index (κ1) is 16.7. The summed E-state index contributed by atoms with van der Waals surface area (Å²) in [5.41, 5.74) is 3.06. The minimum absolute atomic E-state index is 0.0860. The summed E-state index contributed by atoms with van der Waals surface area (Å²) in [6.45, 7) is 2.70. The fourth-order valence-electron chi connectivity index (χ4n) is 2.33. The van der Waals surface area contributed by atoms with Crippen LogP contribution in [0, 0.1) is 6.92 Å². The molecule has 3 aromatic rings. The van der Waals surface area contributed by atoms with E-state index in [2.05, 4.69) is 48.6 Å². The molecule has 0 saturated heterocycles. The van der Waals surface area contributed by atoms with Crippen LogP contribution in [0.2, 0.25) is 5.02 Å². The van der Waals surface area contributed by atoms with E-state index in [0.717, 1.165) is 0 Å². The standard InChI is InChI=1S/C20H18ClNOS/c1-14-9-11-16(12-10-14)24-19-8-3-2-5-15(19)13-22-18-7-4-6-17(21)20(18)23/h2-12,22-23H,13H2,1H3. The number of hydrogen-bond donors (Lipinski definition) is 2. The summed E-state index contributed by atoms with van der Waals surface area (Å²) in [4.78, 5) is 2.40. The molecule has 2 N–H and O–H groups in total. The summed E-state index contributed by atoms with van der Waals surface area (Å²) < 4.78 is 0. The SMILES string of the molecule is Cc1ccc(Sc2ccccc2CNc2cccc(Cl)c2O)cc1. The van der Waals surface area contributed by atoms with Gasteiger partial charge in [-0.25, -0.2) is 0 Å². The van der Waals surface area contributed by atoms with Crippen molar-refractivity contribution in [3.63, 3.8) is 0 Å². The maximum atomic E-state index is 10.0. The van der Waals surface area contributed by atoms with Crippen LogP contribution in [0.4, 0.5) is 5.69 Å². The number of anilines is 1. The van der Waals surface area contributed by atoms with Crippen LogP contribution in [-0.2, 0) is 6.54 Å². The van der Waals surface area contributed by atoms with Gasteiger partial charge >= 0.3 is 0 Å². The zero-order chi connectivity index (χ0) is 16.9. The van der Waals surface area contributed by atoms with Crippen LogP contribution in [0.5, 0.6) is 5.75 Å². The minimum Gasteiger partial charge on any atom is -0.504 e. The number of halogens is 1. The molecule has 24 heavy (non-hydrogen) atoms. The molecule has 0 aliphatic rings. The van der Waals surface area contributed by atoms with Crippen LogP contribution in [0.25, 0.3) is 0 Å². The Hall–Kier alpha value is -2.10. The van der Waals surface area contributed by atoms with E-state index in [-0.39, 0.29) is 5.75 Å². The number of rotatable bonds is 5. The molecule has 0 unspecified atom stereocenters. The van der Waals surface area contributed by atoms with E-state index < -0.39 is 0 Å². The molecular weight excluding hydrogens is 338 g/mol. The summed E-state index contributed by atoms with van der Waals surface area (Å²) in [5, 5.41) is 13.6. The maximum Gasteiger partial charge on any atom is 0.157 e. The topological polar surface area (TPSA) is 32.3 Å². The lowest BCUT2D eigenvalue weighted by Gasteiger charge is -2.13. The van der Waals surface area contributed by atoms with Crippen LogP contribution in [0.3, 0.4) is 0 Å². The first-order valence-electron chi connectivity index (χ1n) is 7.67. The van der Waals surface area contributed by atoms with Crippen molar-refractivity contribution in [1.29, 1.82) is 0 Å². The van der Waals surface area contributed by atoms with Gasteiger partial charge in [-0.2, -0.15) is 0 Å². The lowest BCUT2D eigenvalue weighted by Crippen LogP contribution is -2.01. The van der Waals surface area contributed by atoms with Crippen molar-refractivity contribution in [2.75, 3.05) is 5.32 Å². The summed E-state index contributed by atoms with van der Waals surface area (Å²) in [7, 11) is 0. The van der Waals surface area contributed by atoms with Crippen LogP contribution in [0.1, 0.15) is 11.1 Å². The Balaban J connectivity index is 1.76. The Morgan fingerprint density at radius 2 is 1.71 bits per heavy atom. The molecule has 2 nitrogen and oxygen atoms in total. The molecule has 3 rings (SSSR count). The summed E-state index contributed by atoms with van der Waals surface area (Å²) >= 11 is 7.69. The van der Waals surface area contributed by atoms with Crippen LogP contribution in [-0.4, -0.2) is 5.11 Å². The third kappa shape index (κ3) is 4.05. The van der Waals surface area contributed by atoms with E-state index in [1.807, 2.05) is 24.3 Å². The van der Waals surface area contributed by atoms with Gasteiger partial charge in [-0.15, -0.1) is 0 Å². The highest BCUT2D eigenvalue weighted by molar-refractivity contribution is 7.99. The van der Waals surface area contributed by atoms with Crippen molar-refractivity contribution in [3.05, 3.63) is 82.9 Å². The monoisotopic (exact) mass is 355 g/mol. The number of nitrogens with one attached hydrogen (secondary N) is 1. The van der Waals surface area contributed by atoms with E-state index in [1.165, 1.54) is 20.9 Å². The molecule has 3 aromatic carbocycles. The van der Waals surface area contributed by atoms with Gasteiger partial charge in [0.15, 0.2) is 5.75 Å². The molecule has 0 heterocycles. The number of para-hydroxylation sites is 1. The number of aryl methyl sites for hydroxylation is 1. The predicted molar refractivity (Wildman–Crippen MR) is 102 cm³/mol. The Bertz CT molecular complexity index is 833. The molecule has 0 aliphatic heterocycles. The number of aromatic hydroxyl groups is 1. The molecular formula is C20H18ClNOS. The van der Waals surface area contributed by atoms with Crippen LogP contribution < -0.4 is 5.32 Å². The quantitative estimate of drug-likeness (QED) is 0.541. The van der Waals surface area contributed by atoms with Gasteiger partial charge in [-0.3, -0.25) is 0 Å². The van der Waals surface area contributed by atoms with E-state index in [4.69, 9.17) is 11.6 Å². The summed E-state index contributed by atoms with van der Waals surface area (Å²) in [6, 6.07) is 22.1. The third-order valence-corrected chi connectivity index (χ3v) is 5.11. The van der Waals surface area contributed by atoms with E-state index >= 15 is 0 Å². The summed E-state index contributed by atoms with van der Waals surface area (Å²) in [6.07, 6.45) is 0. The Morgan fingerprint density at radius 1 is 0.958 bits per heavy atom. The molecule has 0 fully saturated rings. The molecule has 0 aliphatic carbocycles. The van der Waals surface area contributed by atoms with Gasteiger partial charge in [0.2, 0.25) is 0 Å². The summed E-state index contributed by atoms with van der Waals surface area (Å²) in [5.74, 6) is 0.0860. The number of phenolic OH excluding ortho intramolecular Hbond substituents is 1. The lowest BCUT2D eigenvalue weighted by molar-refractivity contribution is 0.477. The number of hydrogen-bond acceptors (Lipinski definition) is 3. The van der Waals surface area contributed by atoms with Crippen molar-refractivity contribution in [2.45, 2.75) is 23.3 Å². The van der Waals surface area contributed by atoms with Gasteiger partial charge in [0.25, 0.3) is 0 Å². The zero-order valence-electron chi connectivity index (χ0n) is 13.3. The van der Waals surface area contributed by atoms with E-state index in [9.17, 15) is 5.11 Å². The number of phenols is 1. The molecule has 0 atom stereocenters. The molecule has 122 valence electrons. The largest absolute Gasteiger partial charge is 0.504 e. The highest BCUT2D eigenvalue weighted by Crippen LogP contribution is 2.33. The second kappa shape index (κ2) is 7.65. The zero-order valence-corrected chi connectivity index (χ0v) is 14.9. The van der Waals surface area contributed by atoms with Crippen molar-refractivity contribution in [2.24, 2.45) is 0 Å². The van der Waals surface area contributed by atoms with Crippen molar-refractivity contribution in [3.8, 4) is 5.75 Å². The Labute approximate surface area is 151 Å². The first-order chi connectivity index (χ1) is 11.6. The lowest BCUT2D eigenvalue weighted by atomic mass is 10.2. The molecule has 0 amide bonds. The molecule has 4 heteroatoms. The smallest absolute Gasteiger partial charge is 0.157 e. The van der Waals surface area contributed by atoms with Gasteiger partial charge < -0.3 is 10.4 Å². The maximum absolute atomic E-state index is 10.0. The van der Waals surface area contributed by atoms with E-state index in [0.29, 0.717) is 17.3 Å². The van der Waals surface area contributed by atoms with Gasteiger partial charge in [-0.05, 0) is 42.8 Å². The van der Waals surface area contributed by atoms with E-state index in [1.54, 1.807) is 17.8 Å². The highest BCUT2D eigenvalue weighted by Gasteiger charge is 2.07. The fraction of sp³-hybridized carbons (Fsp3) is 0.100. The minimum atomic E-state index is 0.0860. The van der Waals surface area contributed by atoms with Crippen molar-refractivity contribution < 1.29 is 5.11 Å². The average molecular weight is 356 g/mol. The van der Waals surface area contributed by atoms with Gasteiger partial charge in [-0.1, -0.05) is 65.3 Å².